The number of hydrogen-bond donors (Lipinski definition) is 2. The van der Waals surface area contributed by atoms with Crippen molar-refractivity contribution in [1.82, 2.24) is 0 Å². The van der Waals surface area contributed by atoms with Crippen molar-refractivity contribution in [3.8, 4) is 5.75 Å². The van der Waals surface area contributed by atoms with Crippen molar-refractivity contribution in [2.24, 2.45) is 0 Å². The molecule has 0 amide bonds. The van der Waals surface area contributed by atoms with Gasteiger partial charge in [0, 0.05) is 6.54 Å². The van der Waals surface area contributed by atoms with E-state index in [0.29, 0.717) is 12.3 Å². The molecular weight excluding hydrogens is 200 g/mol. The standard InChI is InChI=1S/C10H13ClN2O/c1-5-7(11)6(2)9-10(8(5)12)14-4-3-13-9/h13H,3-4,12H2,1-2H3. The molecule has 4 heteroatoms. The summed E-state index contributed by atoms with van der Waals surface area (Å²) >= 11 is 6.14. The van der Waals surface area contributed by atoms with Gasteiger partial charge in [-0.05, 0) is 25.0 Å². The van der Waals surface area contributed by atoms with E-state index in [1.165, 1.54) is 0 Å². The third kappa shape index (κ3) is 1.20. The number of anilines is 2. The van der Waals surface area contributed by atoms with Gasteiger partial charge in [-0.2, -0.15) is 0 Å². The Balaban J connectivity index is 2.71. The van der Waals surface area contributed by atoms with Crippen molar-refractivity contribution < 1.29 is 4.74 Å². The van der Waals surface area contributed by atoms with E-state index in [1.54, 1.807) is 0 Å². The van der Waals surface area contributed by atoms with Gasteiger partial charge in [0.2, 0.25) is 0 Å². The van der Waals surface area contributed by atoms with Crippen LogP contribution in [0.25, 0.3) is 0 Å². The SMILES string of the molecule is Cc1c(N)c2c(c(C)c1Cl)NCCO2. The topological polar surface area (TPSA) is 47.3 Å². The summed E-state index contributed by atoms with van der Waals surface area (Å²) in [5, 5.41) is 3.97. The molecular formula is C10H13ClN2O. The molecule has 14 heavy (non-hydrogen) atoms. The number of nitrogen functional groups attached to an aromatic ring is 1. The average Bonchev–Trinajstić information content (AvgIpc) is 2.23. The maximum Gasteiger partial charge on any atom is 0.165 e. The summed E-state index contributed by atoms with van der Waals surface area (Å²) in [4.78, 5) is 0. The summed E-state index contributed by atoms with van der Waals surface area (Å²) in [6, 6.07) is 0. The molecule has 1 aromatic carbocycles. The zero-order chi connectivity index (χ0) is 10.3. The molecule has 0 bridgehead atoms. The average molecular weight is 213 g/mol. The minimum Gasteiger partial charge on any atom is -0.487 e. The number of benzene rings is 1. The van der Waals surface area contributed by atoms with Crippen LogP contribution >= 0.6 is 11.6 Å². The molecule has 3 nitrogen and oxygen atoms in total. The Morgan fingerprint density at radius 3 is 2.79 bits per heavy atom. The number of nitrogens with two attached hydrogens (primary N) is 1. The van der Waals surface area contributed by atoms with Crippen molar-refractivity contribution in [3.63, 3.8) is 0 Å². The molecule has 1 aliphatic rings. The van der Waals surface area contributed by atoms with Crippen LogP contribution in [0.5, 0.6) is 5.75 Å². The Labute approximate surface area is 88.2 Å². The highest BCUT2D eigenvalue weighted by Crippen LogP contribution is 2.43. The van der Waals surface area contributed by atoms with Crippen LogP contribution in [-0.4, -0.2) is 13.2 Å². The zero-order valence-electron chi connectivity index (χ0n) is 8.28. The van der Waals surface area contributed by atoms with E-state index in [9.17, 15) is 0 Å². The molecule has 0 fully saturated rings. The van der Waals surface area contributed by atoms with Crippen molar-refractivity contribution in [2.75, 3.05) is 24.2 Å². The Hall–Kier alpha value is -1.09. The third-order valence-corrected chi connectivity index (χ3v) is 3.13. The van der Waals surface area contributed by atoms with Crippen LogP contribution in [0.2, 0.25) is 5.02 Å². The fourth-order valence-electron chi connectivity index (χ4n) is 1.68. The van der Waals surface area contributed by atoms with Crippen LogP contribution in [0.1, 0.15) is 11.1 Å². The molecule has 0 saturated carbocycles. The van der Waals surface area contributed by atoms with Crippen molar-refractivity contribution in [3.05, 3.63) is 16.1 Å². The van der Waals surface area contributed by atoms with E-state index in [-0.39, 0.29) is 0 Å². The predicted molar refractivity (Wildman–Crippen MR) is 59.3 cm³/mol. The molecule has 3 N–H and O–H groups in total. The second kappa shape index (κ2) is 3.24. The Bertz CT molecular complexity index is 353. The van der Waals surface area contributed by atoms with Gasteiger partial charge in [-0.1, -0.05) is 11.6 Å². The van der Waals surface area contributed by atoms with Gasteiger partial charge in [0.15, 0.2) is 5.75 Å². The highest BCUT2D eigenvalue weighted by Gasteiger charge is 2.20. The van der Waals surface area contributed by atoms with E-state index in [2.05, 4.69) is 5.32 Å². The van der Waals surface area contributed by atoms with E-state index in [0.717, 1.165) is 34.1 Å². The van der Waals surface area contributed by atoms with Crippen molar-refractivity contribution in [2.45, 2.75) is 13.8 Å². The lowest BCUT2D eigenvalue weighted by Gasteiger charge is -2.24. The van der Waals surface area contributed by atoms with E-state index in [1.807, 2.05) is 13.8 Å². The number of fused-ring (bicyclic) bond motifs is 1. The summed E-state index contributed by atoms with van der Waals surface area (Å²) in [5.74, 6) is 0.746. The molecule has 0 spiro atoms. The summed E-state index contributed by atoms with van der Waals surface area (Å²) in [5.41, 5.74) is 9.40. The predicted octanol–water partition coefficient (Wildman–Crippen LogP) is 2.34. The maximum atomic E-state index is 6.14. The van der Waals surface area contributed by atoms with Gasteiger partial charge in [-0.25, -0.2) is 0 Å². The van der Waals surface area contributed by atoms with E-state index < -0.39 is 0 Å². The maximum absolute atomic E-state index is 6.14. The van der Waals surface area contributed by atoms with Crippen LogP contribution < -0.4 is 15.8 Å². The van der Waals surface area contributed by atoms with E-state index in [4.69, 9.17) is 22.1 Å². The van der Waals surface area contributed by atoms with Crippen molar-refractivity contribution >= 4 is 23.0 Å². The lowest BCUT2D eigenvalue weighted by Crippen LogP contribution is -2.20. The normalized spacial score (nSPS) is 14.2. The molecule has 1 heterocycles. The van der Waals surface area contributed by atoms with Crippen molar-refractivity contribution in [1.29, 1.82) is 0 Å². The molecule has 1 aliphatic heterocycles. The lowest BCUT2D eigenvalue weighted by molar-refractivity contribution is 0.324. The van der Waals surface area contributed by atoms with Crippen LogP contribution in [0.3, 0.4) is 0 Å². The molecule has 1 aromatic rings. The number of rotatable bonds is 0. The second-order valence-electron chi connectivity index (χ2n) is 3.46. The van der Waals surface area contributed by atoms with Gasteiger partial charge in [0.05, 0.1) is 16.4 Å². The first kappa shape index (κ1) is 9.46. The first-order valence-electron chi connectivity index (χ1n) is 4.57. The molecule has 0 unspecified atom stereocenters. The largest absolute Gasteiger partial charge is 0.487 e. The number of hydrogen-bond acceptors (Lipinski definition) is 3. The monoisotopic (exact) mass is 212 g/mol. The quantitative estimate of drug-likeness (QED) is 0.649. The van der Waals surface area contributed by atoms with Gasteiger partial charge in [-0.15, -0.1) is 0 Å². The van der Waals surface area contributed by atoms with Gasteiger partial charge in [0.1, 0.15) is 6.61 Å². The first-order valence-corrected chi connectivity index (χ1v) is 4.95. The zero-order valence-corrected chi connectivity index (χ0v) is 9.03. The molecule has 76 valence electrons. The number of halogens is 1. The van der Waals surface area contributed by atoms with Gasteiger partial charge in [0.25, 0.3) is 0 Å². The lowest BCUT2D eigenvalue weighted by atomic mass is 10.1. The minimum atomic E-state index is 0.641. The van der Waals surface area contributed by atoms with Gasteiger partial charge >= 0.3 is 0 Å². The molecule has 2 rings (SSSR count). The Kier molecular flexibility index (Phi) is 2.19. The smallest absolute Gasteiger partial charge is 0.165 e. The molecule has 0 saturated heterocycles. The van der Waals surface area contributed by atoms with Gasteiger partial charge in [-0.3, -0.25) is 0 Å². The molecule has 0 radical (unpaired) electrons. The molecule has 0 aromatic heterocycles. The van der Waals surface area contributed by atoms with Crippen LogP contribution in [0, 0.1) is 13.8 Å². The van der Waals surface area contributed by atoms with Gasteiger partial charge < -0.3 is 15.8 Å². The summed E-state index contributed by atoms with van der Waals surface area (Å²) in [7, 11) is 0. The Morgan fingerprint density at radius 1 is 1.36 bits per heavy atom. The van der Waals surface area contributed by atoms with Crippen LogP contribution in [0.4, 0.5) is 11.4 Å². The third-order valence-electron chi connectivity index (χ3n) is 2.56. The molecule has 0 aliphatic carbocycles. The van der Waals surface area contributed by atoms with Crippen LogP contribution in [-0.2, 0) is 0 Å². The molecule has 0 atom stereocenters. The number of nitrogens with one attached hydrogen (secondary N) is 1. The summed E-state index contributed by atoms with van der Waals surface area (Å²) < 4.78 is 5.52. The fourth-order valence-corrected chi connectivity index (χ4v) is 1.87. The minimum absolute atomic E-state index is 0.641. The van der Waals surface area contributed by atoms with Crippen LogP contribution in [0.15, 0.2) is 0 Å². The summed E-state index contributed by atoms with van der Waals surface area (Å²) in [6.07, 6.45) is 0. The Morgan fingerprint density at radius 2 is 2.07 bits per heavy atom. The summed E-state index contributed by atoms with van der Waals surface area (Å²) in [6.45, 7) is 5.32. The fraction of sp³-hybridized carbons (Fsp3) is 0.400. The van der Waals surface area contributed by atoms with E-state index >= 15 is 0 Å². The second-order valence-corrected chi connectivity index (χ2v) is 3.83. The number of ether oxygens (including phenoxy) is 1. The highest BCUT2D eigenvalue weighted by atomic mass is 35.5. The first-order chi connectivity index (χ1) is 6.63. The highest BCUT2D eigenvalue weighted by molar-refractivity contribution is 6.33.